The van der Waals surface area contributed by atoms with Crippen LogP contribution in [0.5, 0.6) is 0 Å². The molecule has 1 atom stereocenters. The zero-order chi connectivity index (χ0) is 15.8. The minimum Gasteiger partial charge on any atom is -0.296 e. The van der Waals surface area contributed by atoms with E-state index in [2.05, 4.69) is 11.9 Å². The van der Waals surface area contributed by atoms with Gasteiger partial charge < -0.3 is 0 Å². The summed E-state index contributed by atoms with van der Waals surface area (Å²) in [5, 5.41) is 4.74. The van der Waals surface area contributed by atoms with Crippen molar-refractivity contribution in [3.63, 3.8) is 0 Å². The normalized spacial score (nSPS) is 23.0. The largest absolute Gasteiger partial charge is 0.296 e. The SMILES string of the molecule is CN1CCCCC[C@@H]1c1nc(C2CC2)nn1-c1cccc(F)c1. The standard InChI is InChI=1S/C18H23FN4/c1-22-11-4-2-3-8-16(22)18-20-17(13-9-10-13)21-23(18)15-7-5-6-14(19)12-15/h5-7,12-13,16H,2-4,8-11H2,1H3/t16-/m1/s1. The van der Waals surface area contributed by atoms with E-state index >= 15 is 0 Å². The van der Waals surface area contributed by atoms with E-state index in [1.807, 2.05) is 10.7 Å². The Kier molecular flexibility index (Phi) is 3.89. The van der Waals surface area contributed by atoms with Gasteiger partial charge in [-0.05, 0) is 57.5 Å². The molecule has 2 heterocycles. The fraction of sp³-hybridized carbons (Fsp3) is 0.556. The summed E-state index contributed by atoms with van der Waals surface area (Å²) >= 11 is 0. The molecule has 4 rings (SSSR count). The van der Waals surface area contributed by atoms with Crippen molar-refractivity contribution in [2.75, 3.05) is 13.6 Å². The third-order valence-electron chi connectivity index (χ3n) is 4.96. The van der Waals surface area contributed by atoms with Crippen LogP contribution in [-0.2, 0) is 0 Å². The molecule has 2 fully saturated rings. The molecular weight excluding hydrogens is 291 g/mol. The van der Waals surface area contributed by atoms with Crippen LogP contribution in [0.3, 0.4) is 0 Å². The predicted octanol–water partition coefficient (Wildman–Crippen LogP) is 3.83. The third kappa shape index (κ3) is 3.02. The van der Waals surface area contributed by atoms with Crippen LogP contribution in [0, 0.1) is 5.82 Å². The lowest BCUT2D eigenvalue weighted by Crippen LogP contribution is -2.26. The molecule has 0 radical (unpaired) electrons. The Labute approximate surface area is 136 Å². The summed E-state index contributed by atoms with van der Waals surface area (Å²) in [5.41, 5.74) is 0.775. The Morgan fingerprint density at radius 1 is 1.13 bits per heavy atom. The lowest BCUT2D eigenvalue weighted by atomic mass is 10.1. The molecule has 0 unspecified atom stereocenters. The number of rotatable bonds is 3. The van der Waals surface area contributed by atoms with Crippen molar-refractivity contribution in [2.45, 2.75) is 50.5 Å². The summed E-state index contributed by atoms with van der Waals surface area (Å²) in [6, 6.07) is 6.93. The van der Waals surface area contributed by atoms with Crippen molar-refractivity contribution in [3.8, 4) is 5.69 Å². The zero-order valence-corrected chi connectivity index (χ0v) is 13.6. The van der Waals surface area contributed by atoms with Gasteiger partial charge in [0.1, 0.15) is 11.6 Å². The second-order valence-electron chi connectivity index (χ2n) is 6.84. The highest BCUT2D eigenvalue weighted by atomic mass is 19.1. The molecule has 0 bridgehead atoms. The first-order chi connectivity index (χ1) is 11.2. The van der Waals surface area contributed by atoms with Gasteiger partial charge in [0.15, 0.2) is 5.82 Å². The van der Waals surface area contributed by atoms with Gasteiger partial charge in [-0.25, -0.2) is 14.1 Å². The molecule has 1 saturated heterocycles. The van der Waals surface area contributed by atoms with Crippen LogP contribution in [-0.4, -0.2) is 33.3 Å². The van der Waals surface area contributed by atoms with Crippen LogP contribution < -0.4 is 0 Å². The highest BCUT2D eigenvalue weighted by Crippen LogP contribution is 2.39. The lowest BCUT2D eigenvalue weighted by Gasteiger charge is -2.25. The van der Waals surface area contributed by atoms with Crippen LogP contribution >= 0.6 is 0 Å². The summed E-state index contributed by atoms with van der Waals surface area (Å²) in [6.45, 7) is 1.08. The molecule has 0 spiro atoms. The van der Waals surface area contributed by atoms with Crippen molar-refractivity contribution in [1.82, 2.24) is 19.7 Å². The van der Waals surface area contributed by atoms with Gasteiger partial charge in [-0.1, -0.05) is 18.9 Å². The predicted molar refractivity (Wildman–Crippen MR) is 87.1 cm³/mol. The van der Waals surface area contributed by atoms with Gasteiger partial charge >= 0.3 is 0 Å². The fourth-order valence-electron chi connectivity index (χ4n) is 3.45. The maximum atomic E-state index is 13.7. The highest BCUT2D eigenvalue weighted by molar-refractivity contribution is 5.33. The van der Waals surface area contributed by atoms with Crippen molar-refractivity contribution in [3.05, 3.63) is 41.7 Å². The molecule has 1 aliphatic heterocycles. The van der Waals surface area contributed by atoms with Crippen LogP contribution in [0.1, 0.15) is 62.1 Å². The topological polar surface area (TPSA) is 34.0 Å². The van der Waals surface area contributed by atoms with Gasteiger partial charge in [0.2, 0.25) is 0 Å². The molecule has 2 aromatic rings. The van der Waals surface area contributed by atoms with E-state index in [0.29, 0.717) is 5.92 Å². The summed E-state index contributed by atoms with van der Waals surface area (Å²) in [4.78, 5) is 7.26. The first kappa shape index (κ1) is 14.8. The number of benzene rings is 1. The molecule has 5 heteroatoms. The van der Waals surface area contributed by atoms with Crippen LogP contribution in [0.25, 0.3) is 5.69 Å². The Morgan fingerprint density at radius 2 is 2.00 bits per heavy atom. The average molecular weight is 314 g/mol. The van der Waals surface area contributed by atoms with E-state index in [4.69, 9.17) is 10.1 Å². The molecule has 122 valence electrons. The van der Waals surface area contributed by atoms with Crippen LogP contribution in [0.15, 0.2) is 24.3 Å². The molecule has 1 aromatic carbocycles. The quantitative estimate of drug-likeness (QED) is 0.863. The molecule has 4 nitrogen and oxygen atoms in total. The molecule has 1 aromatic heterocycles. The van der Waals surface area contributed by atoms with Gasteiger partial charge in [-0.3, -0.25) is 4.90 Å². The molecule has 23 heavy (non-hydrogen) atoms. The monoisotopic (exact) mass is 314 g/mol. The van der Waals surface area contributed by atoms with Crippen LogP contribution in [0.4, 0.5) is 4.39 Å². The minimum absolute atomic E-state index is 0.230. The summed E-state index contributed by atoms with van der Waals surface area (Å²) < 4.78 is 15.6. The second-order valence-corrected chi connectivity index (χ2v) is 6.84. The summed E-state index contributed by atoms with van der Waals surface area (Å²) in [6.07, 6.45) is 7.15. The first-order valence-corrected chi connectivity index (χ1v) is 8.65. The number of aromatic nitrogens is 3. The van der Waals surface area contributed by atoms with Crippen molar-refractivity contribution in [2.24, 2.45) is 0 Å². The van der Waals surface area contributed by atoms with E-state index in [-0.39, 0.29) is 11.9 Å². The maximum absolute atomic E-state index is 13.7. The molecule has 0 amide bonds. The van der Waals surface area contributed by atoms with Crippen LogP contribution in [0.2, 0.25) is 0 Å². The Hall–Kier alpha value is -1.75. The van der Waals surface area contributed by atoms with E-state index in [9.17, 15) is 4.39 Å². The molecule has 1 saturated carbocycles. The number of halogens is 1. The first-order valence-electron chi connectivity index (χ1n) is 8.65. The van der Waals surface area contributed by atoms with E-state index < -0.39 is 0 Å². The van der Waals surface area contributed by atoms with Gasteiger partial charge in [0.05, 0.1) is 11.7 Å². The molecular formula is C18H23FN4. The number of hydrogen-bond donors (Lipinski definition) is 0. The Bertz CT molecular complexity index is 692. The molecule has 1 aliphatic carbocycles. The van der Waals surface area contributed by atoms with Crippen molar-refractivity contribution < 1.29 is 4.39 Å². The fourth-order valence-corrected chi connectivity index (χ4v) is 3.45. The Morgan fingerprint density at radius 3 is 2.78 bits per heavy atom. The molecule has 2 aliphatic rings. The smallest absolute Gasteiger partial charge is 0.154 e. The van der Waals surface area contributed by atoms with Gasteiger partial charge in [0.25, 0.3) is 0 Å². The van der Waals surface area contributed by atoms with Gasteiger partial charge in [-0.2, -0.15) is 5.10 Å². The minimum atomic E-state index is -0.230. The average Bonchev–Trinajstić information content (AvgIpc) is 3.33. The second kappa shape index (κ2) is 6.04. The van der Waals surface area contributed by atoms with E-state index in [1.165, 1.54) is 38.2 Å². The maximum Gasteiger partial charge on any atom is 0.154 e. The summed E-state index contributed by atoms with van der Waals surface area (Å²) in [7, 11) is 2.16. The highest BCUT2D eigenvalue weighted by Gasteiger charge is 2.32. The molecule has 0 N–H and O–H groups in total. The van der Waals surface area contributed by atoms with E-state index in [1.54, 1.807) is 12.1 Å². The van der Waals surface area contributed by atoms with Gasteiger partial charge in [0, 0.05) is 5.92 Å². The zero-order valence-electron chi connectivity index (χ0n) is 13.6. The summed E-state index contributed by atoms with van der Waals surface area (Å²) in [5.74, 6) is 2.18. The number of nitrogens with zero attached hydrogens (tertiary/aromatic N) is 4. The number of hydrogen-bond acceptors (Lipinski definition) is 3. The van der Waals surface area contributed by atoms with Gasteiger partial charge in [-0.15, -0.1) is 0 Å². The lowest BCUT2D eigenvalue weighted by molar-refractivity contribution is 0.237. The Balaban J connectivity index is 1.77. The van der Waals surface area contributed by atoms with E-state index in [0.717, 1.165) is 30.3 Å². The number of likely N-dealkylation sites (tertiary alicyclic amines) is 1. The van der Waals surface area contributed by atoms with Crippen molar-refractivity contribution in [1.29, 1.82) is 0 Å². The third-order valence-corrected chi connectivity index (χ3v) is 4.96. The van der Waals surface area contributed by atoms with Crippen molar-refractivity contribution >= 4 is 0 Å².